The third kappa shape index (κ3) is 99.8. The van der Waals surface area contributed by atoms with Gasteiger partial charge < -0.3 is 15.5 Å². The molecule has 0 radical (unpaired) electrons. The van der Waals surface area contributed by atoms with Crippen LogP contribution in [0.15, 0.2) is 0 Å². The molecule has 0 aromatic rings. The van der Waals surface area contributed by atoms with E-state index in [0.717, 1.165) is 0 Å². The number of hydrogen-bond acceptors (Lipinski definition) is 3. The first-order valence-electron chi connectivity index (χ1n) is 0.612. The fourth-order valence-electron chi connectivity index (χ4n) is 0. The van der Waals surface area contributed by atoms with E-state index in [1.165, 1.54) is 0 Å². The zero-order valence-corrected chi connectivity index (χ0v) is 5.85. The SMILES string of the molecule is O=[Si]([O-])[O-].[AlH3].[H-].[Li+].[Mg+2]. The van der Waals surface area contributed by atoms with E-state index in [1.807, 2.05) is 0 Å². The molecule has 0 saturated carbocycles. The zero-order valence-electron chi connectivity index (χ0n) is 4.43. The van der Waals surface area contributed by atoms with Crippen LogP contribution in [-0.4, -0.2) is 49.6 Å². The van der Waals surface area contributed by atoms with Crippen molar-refractivity contribution in [1.82, 2.24) is 0 Å². The van der Waals surface area contributed by atoms with Crippen LogP contribution in [-0.2, 0) is 4.46 Å². The van der Waals surface area contributed by atoms with Crippen LogP contribution < -0.4 is 28.5 Å². The molecule has 0 rings (SSSR count). The normalized spacial score (nSPS) is 3.43. The molecule has 0 aliphatic heterocycles. The summed E-state index contributed by atoms with van der Waals surface area (Å²) in [6.07, 6.45) is 0. The van der Waals surface area contributed by atoms with Gasteiger partial charge >= 0.3 is 41.9 Å². The summed E-state index contributed by atoms with van der Waals surface area (Å²) in [6.45, 7) is 0. The third-order valence-corrected chi connectivity index (χ3v) is 0. The Morgan fingerprint density at radius 1 is 1.43 bits per heavy atom. The molecule has 0 aliphatic carbocycles. The van der Waals surface area contributed by atoms with Crippen molar-refractivity contribution in [2.75, 3.05) is 0 Å². The van der Waals surface area contributed by atoms with Gasteiger partial charge in [0.1, 0.15) is 0 Å². The second kappa shape index (κ2) is 15.6. The molecule has 0 atom stereocenters. The van der Waals surface area contributed by atoms with Crippen molar-refractivity contribution in [2.45, 2.75) is 0 Å². The fraction of sp³-hybridized carbons (Fsp3) is 0. The van der Waals surface area contributed by atoms with Gasteiger partial charge in [-0.25, -0.2) is 0 Å². The van der Waals surface area contributed by atoms with Gasteiger partial charge in [0.15, 0.2) is 17.4 Å². The second-order valence-corrected chi connectivity index (χ2v) is 0.750. The predicted molar refractivity (Wildman–Crippen MR) is 23.2 cm³/mol. The van der Waals surface area contributed by atoms with E-state index in [9.17, 15) is 0 Å². The molecule has 7 heavy (non-hydrogen) atoms. The van der Waals surface area contributed by atoms with Gasteiger partial charge in [-0.2, -0.15) is 0 Å². The smallest absolute Gasteiger partial charge is 1.00 e. The average molecular weight is 138 g/mol. The molecule has 0 fully saturated rings. The molecule has 0 aromatic carbocycles. The molecule has 0 unspecified atom stereocenters. The summed E-state index contributed by atoms with van der Waals surface area (Å²) in [6, 6.07) is 0. The van der Waals surface area contributed by atoms with Crippen molar-refractivity contribution >= 4 is 49.6 Å². The van der Waals surface area contributed by atoms with E-state index >= 15 is 0 Å². The summed E-state index contributed by atoms with van der Waals surface area (Å²) < 4.78 is 8.52. The summed E-state index contributed by atoms with van der Waals surface area (Å²) in [5.74, 6) is 0. The van der Waals surface area contributed by atoms with Gasteiger partial charge in [-0.1, -0.05) is 0 Å². The van der Waals surface area contributed by atoms with E-state index in [1.54, 1.807) is 0 Å². The van der Waals surface area contributed by atoms with Crippen molar-refractivity contribution in [2.24, 2.45) is 0 Å². The molecule has 0 amide bonds. The number of rotatable bonds is 0. The van der Waals surface area contributed by atoms with E-state index in [4.69, 9.17) is 14.1 Å². The van der Waals surface area contributed by atoms with Crippen molar-refractivity contribution < 1.29 is 34.3 Å². The molecule has 0 aliphatic rings. The van der Waals surface area contributed by atoms with E-state index in [-0.39, 0.29) is 60.7 Å². The first-order chi connectivity index (χ1) is 1.73. The van der Waals surface area contributed by atoms with E-state index in [0.29, 0.717) is 0 Å². The van der Waals surface area contributed by atoms with Gasteiger partial charge in [-0.15, -0.1) is 0 Å². The molecule has 32 valence electrons. The van der Waals surface area contributed by atoms with Crippen molar-refractivity contribution in [1.29, 1.82) is 0 Å². The summed E-state index contributed by atoms with van der Waals surface area (Å²) >= 11 is 0. The van der Waals surface area contributed by atoms with Crippen LogP contribution in [0.3, 0.4) is 0 Å². The largest absolute Gasteiger partial charge is 2.00 e. The Labute approximate surface area is 83.3 Å². The van der Waals surface area contributed by atoms with Crippen LogP contribution in [0, 0.1) is 0 Å². The zero-order chi connectivity index (χ0) is 3.58. The first kappa shape index (κ1) is 23.6. The monoisotopic (exact) mass is 138 g/mol. The van der Waals surface area contributed by atoms with E-state index < -0.39 is 9.17 Å². The molecule has 0 aromatic heterocycles. The van der Waals surface area contributed by atoms with Crippen molar-refractivity contribution in [3.63, 3.8) is 0 Å². The van der Waals surface area contributed by atoms with Gasteiger partial charge in [0.05, 0.1) is 0 Å². The fourth-order valence-corrected chi connectivity index (χ4v) is 0. The van der Waals surface area contributed by atoms with Crippen LogP contribution in [0.5, 0.6) is 0 Å². The van der Waals surface area contributed by atoms with Crippen LogP contribution >= 0.6 is 0 Å². The molecular formula is H4AlLiMgO3Si. The van der Waals surface area contributed by atoms with Gasteiger partial charge in [-0.05, 0) is 0 Å². The van der Waals surface area contributed by atoms with Crippen LogP contribution in [0.1, 0.15) is 1.43 Å². The minimum atomic E-state index is -3.63. The molecule has 0 saturated heterocycles. The van der Waals surface area contributed by atoms with Crippen LogP contribution in [0.2, 0.25) is 0 Å². The van der Waals surface area contributed by atoms with E-state index in [2.05, 4.69) is 0 Å². The third-order valence-electron chi connectivity index (χ3n) is 0. The predicted octanol–water partition coefficient (Wildman–Crippen LogP) is -7.33. The molecule has 0 N–H and O–H groups in total. The maximum absolute atomic E-state index is 8.52. The molecule has 0 bridgehead atoms. The molecule has 7 heteroatoms. The Bertz CT molecular complexity index is 42.3. The summed E-state index contributed by atoms with van der Waals surface area (Å²) in [4.78, 5) is 17.0. The quantitative estimate of drug-likeness (QED) is 0.312. The Morgan fingerprint density at radius 2 is 1.43 bits per heavy atom. The van der Waals surface area contributed by atoms with Crippen molar-refractivity contribution in [3.05, 3.63) is 0 Å². The van der Waals surface area contributed by atoms with Crippen LogP contribution in [0.25, 0.3) is 0 Å². The summed E-state index contributed by atoms with van der Waals surface area (Å²) in [5.41, 5.74) is 0. The minimum absolute atomic E-state index is 0. The first-order valence-corrected chi connectivity index (χ1v) is 1.84. The Morgan fingerprint density at radius 3 is 1.43 bits per heavy atom. The average Bonchev–Trinajstić information content (AvgIpc) is 0.811. The standard InChI is InChI=1S/Al.Li.Mg.O3Si.4H/c;;;1-4(2)3;;;;/q;+1;+2;-2;;;;-1. The van der Waals surface area contributed by atoms with Gasteiger partial charge in [0.25, 0.3) is 0 Å². The van der Waals surface area contributed by atoms with Crippen LogP contribution in [0.4, 0.5) is 0 Å². The molecule has 0 spiro atoms. The Kier molecular flexibility index (Phi) is 52.7. The Hall–Kier alpha value is 1.51. The molecule has 0 heterocycles. The maximum Gasteiger partial charge on any atom is 2.00 e. The minimum Gasteiger partial charge on any atom is -1.00 e. The van der Waals surface area contributed by atoms with Gasteiger partial charge in [0, 0.05) is 9.17 Å². The molecular weight excluding hydrogens is 134 g/mol. The summed E-state index contributed by atoms with van der Waals surface area (Å²) in [5, 5.41) is 0. The Balaban J connectivity index is -0.00000000750. The van der Waals surface area contributed by atoms with Crippen molar-refractivity contribution in [3.8, 4) is 0 Å². The summed E-state index contributed by atoms with van der Waals surface area (Å²) in [7, 11) is -3.63. The van der Waals surface area contributed by atoms with Gasteiger partial charge in [0.2, 0.25) is 0 Å². The number of hydrogen-bond donors (Lipinski definition) is 0. The maximum atomic E-state index is 8.52. The molecule has 3 nitrogen and oxygen atoms in total. The second-order valence-electron chi connectivity index (χ2n) is 0.250. The van der Waals surface area contributed by atoms with Gasteiger partial charge in [-0.3, -0.25) is 0 Å². The topological polar surface area (TPSA) is 63.2 Å².